The number of sulfonamides is 1. The monoisotopic (exact) mass is 303 g/mol. The Morgan fingerprint density at radius 2 is 2.16 bits per heavy atom. The lowest BCUT2D eigenvalue weighted by Crippen LogP contribution is -2.27. The molecular formula is C11H14ClN3O3S. The molecular weight excluding hydrogens is 290 g/mol. The molecule has 1 atom stereocenters. The van der Waals surface area contributed by atoms with Crippen LogP contribution in [0, 0.1) is 6.92 Å². The van der Waals surface area contributed by atoms with E-state index in [0.717, 1.165) is 5.76 Å². The molecule has 2 aromatic rings. The van der Waals surface area contributed by atoms with Crippen LogP contribution in [0.1, 0.15) is 24.5 Å². The third-order valence-electron chi connectivity index (χ3n) is 2.61. The van der Waals surface area contributed by atoms with E-state index in [1.807, 2.05) is 0 Å². The van der Waals surface area contributed by atoms with Crippen molar-refractivity contribution in [2.45, 2.75) is 24.9 Å². The van der Waals surface area contributed by atoms with Gasteiger partial charge in [0.2, 0.25) is 5.03 Å². The number of imidazole rings is 1. The van der Waals surface area contributed by atoms with Crippen molar-refractivity contribution >= 4 is 21.6 Å². The predicted octanol–water partition coefficient (Wildman–Crippen LogP) is 2.01. The van der Waals surface area contributed by atoms with Crippen molar-refractivity contribution in [2.24, 2.45) is 7.05 Å². The first kappa shape index (κ1) is 14.1. The molecule has 2 aromatic heterocycles. The molecule has 0 aliphatic heterocycles. The maximum atomic E-state index is 12.1. The molecule has 0 aliphatic carbocycles. The van der Waals surface area contributed by atoms with E-state index in [0.29, 0.717) is 5.76 Å². The maximum Gasteiger partial charge on any atom is 0.261 e. The summed E-state index contributed by atoms with van der Waals surface area (Å²) in [6, 6.07) is 2.99. The zero-order valence-electron chi connectivity index (χ0n) is 10.7. The van der Waals surface area contributed by atoms with E-state index < -0.39 is 16.1 Å². The molecule has 0 radical (unpaired) electrons. The van der Waals surface area contributed by atoms with Crippen LogP contribution < -0.4 is 4.72 Å². The van der Waals surface area contributed by atoms with Gasteiger partial charge in [-0.1, -0.05) is 11.6 Å². The van der Waals surface area contributed by atoms with Gasteiger partial charge in [-0.2, -0.15) is 4.72 Å². The summed E-state index contributed by atoms with van der Waals surface area (Å²) in [5.74, 6) is 1.25. The van der Waals surface area contributed by atoms with Gasteiger partial charge in [-0.25, -0.2) is 13.4 Å². The van der Waals surface area contributed by atoms with Crippen LogP contribution in [-0.2, 0) is 17.1 Å². The first-order valence-corrected chi connectivity index (χ1v) is 7.43. The molecule has 0 saturated carbocycles. The van der Waals surface area contributed by atoms with Gasteiger partial charge in [0.25, 0.3) is 10.0 Å². The minimum atomic E-state index is -3.78. The van der Waals surface area contributed by atoms with Crippen molar-refractivity contribution < 1.29 is 12.8 Å². The third-order valence-corrected chi connectivity index (χ3v) is 4.64. The van der Waals surface area contributed by atoms with E-state index in [9.17, 15) is 8.42 Å². The molecule has 104 valence electrons. The van der Waals surface area contributed by atoms with Crippen LogP contribution >= 0.6 is 11.6 Å². The number of hydrogen-bond acceptors (Lipinski definition) is 4. The largest absolute Gasteiger partial charge is 0.465 e. The molecule has 0 amide bonds. The van der Waals surface area contributed by atoms with Crippen LogP contribution in [0.3, 0.4) is 0 Å². The van der Waals surface area contributed by atoms with Gasteiger partial charge in [0.05, 0.1) is 12.4 Å². The van der Waals surface area contributed by atoms with Crippen molar-refractivity contribution in [3.63, 3.8) is 0 Å². The van der Waals surface area contributed by atoms with Gasteiger partial charge in [0.1, 0.15) is 16.7 Å². The number of rotatable bonds is 4. The molecule has 0 aliphatic rings. The highest BCUT2D eigenvalue weighted by molar-refractivity contribution is 7.89. The number of hydrogen-bond donors (Lipinski definition) is 1. The minimum absolute atomic E-state index is 0.0651. The molecule has 0 spiro atoms. The highest BCUT2D eigenvalue weighted by Crippen LogP contribution is 2.22. The fraction of sp³-hybridized carbons (Fsp3) is 0.364. The summed E-state index contributed by atoms with van der Waals surface area (Å²) in [6.07, 6.45) is 1.35. The van der Waals surface area contributed by atoms with Crippen molar-refractivity contribution in [1.29, 1.82) is 0 Å². The average molecular weight is 304 g/mol. The maximum absolute atomic E-state index is 12.1. The Morgan fingerprint density at radius 3 is 2.63 bits per heavy atom. The van der Waals surface area contributed by atoms with Crippen molar-refractivity contribution in [3.05, 3.63) is 35.1 Å². The van der Waals surface area contributed by atoms with E-state index in [-0.39, 0.29) is 10.2 Å². The first-order valence-electron chi connectivity index (χ1n) is 5.57. The number of nitrogens with one attached hydrogen (secondary N) is 1. The van der Waals surface area contributed by atoms with Crippen LogP contribution in [0.15, 0.2) is 27.9 Å². The molecule has 0 aromatic carbocycles. The van der Waals surface area contributed by atoms with Gasteiger partial charge in [0, 0.05) is 7.05 Å². The van der Waals surface area contributed by atoms with E-state index >= 15 is 0 Å². The summed E-state index contributed by atoms with van der Waals surface area (Å²) in [5, 5.41) is -0.123. The van der Waals surface area contributed by atoms with Gasteiger partial charge >= 0.3 is 0 Å². The van der Waals surface area contributed by atoms with Gasteiger partial charge < -0.3 is 8.98 Å². The highest BCUT2D eigenvalue weighted by atomic mass is 35.5. The van der Waals surface area contributed by atoms with E-state index in [2.05, 4.69) is 9.71 Å². The SMILES string of the molecule is Cc1ccc([C@H](C)NS(=O)(=O)c2ncn(C)c2Cl)o1. The van der Waals surface area contributed by atoms with E-state index in [1.54, 1.807) is 33.0 Å². The zero-order valence-corrected chi connectivity index (χ0v) is 12.3. The quantitative estimate of drug-likeness (QED) is 0.937. The lowest BCUT2D eigenvalue weighted by atomic mass is 10.3. The molecule has 2 rings (SSSR count). The molecule has 1 N–H and O–H groups in total. The molecule has 0 unspecified atom stereocenters. The fourth-order valence-corrected chi connectivity index (χ4v) is 3.25. The van der Waals surface area contributed by atoms with E-state index in [1.165, 1.54) is 10.9 Å². The lowest BCUT2D eigenvalue weighted by Gasteiger charge is -2.10. The Balaban J connectivity index is 2.25. The normalized spacial score (nSPS) is 13.7. The Labute approximate surface area is 116 Å². The summed E-state index contributed by atoms with van der Waals surface area (Å²) >= 11 is 5.88. The van der Waals surface area contributed by atoms with Crippen molar-refractivity contribution in [3.8, 4) is 0 Å². The van der Waals surface area contributed by atoms with Crippen LogP contribution in [0.2, 0.25) is 5.15 Å². The summed E-state index contributed by atoms with van der Waals surface area (Å²) < 4.78 is 33.6. The first-order chi connectivity index (χ1) is 8.81. The predicted molar refractivity (Wildman–Crippen MR) is 70.4 cm³/mol. The summed E-state index contributed by atoms with van der Waals surface area (Å²) in [7, 11) is -2.16. The second kappa shape index (κ2) is 4.99. The number of aromatic nitrogens is 2. The summed E-state index contributed by atoms with van der Waals surface area (Å²) in [6.45, 7) is 3.48. The second-order valence-corrected chi connectivity index (χ2v) is 6.23. The smallest absolute Gasteiger partial charge is 0.261 e. The molecule has 0 saturated heterocycles. The number of aryl methyl sites for hydroxylation is 2. The lowest BCUT2D eigenvalue weighted by molar-refractivity contribution is 0.441. The molecule has 6 nitrogen and oxygen atoms in total. The Hall–Kier alpha value is -1.31. The Bertz CT molecular complexity index is 690. The average Bonchev–Trinajstić information content (AvgIpc) is 2.87. The minimum Gasteiger partial charge on any atom is -0.465 e. The van der Waals surface area contributed by atoms with Crippen LogP contribution in [0.4, 0.5) is 0 Å². The number of nitrogens with zero attached hydrogens (tertiary/aromatic N) is 2. The fourth-order valence-electron chi connectivity index (χ4n) is 1.61. The van der Waals surface area contributed by atoms with Crippen molar-refractivity contribution in [2.75, 3.05) is 0 Å². The molecule has 2 heterocycles. The van der Waals surface area contributed by atoms with Crippen LogP contribution in [0.5, 0.6) is 0 Å². The van der Waals surface area contributed by atoms with E-state index in [4.69, 9.17) is 16.0 Å². The topological polar surface area (TPSA) is 77.1 Å². The highest BCUT2D eigenvalue weighted by Gasteiger charge is 2.25. The van der Waals surface area contributed by atoms with Crippen LogP contribution in [-0.4, -0.2) is 18.0 Å². The standard InChI is InChI=1S/C11H14ClN3O3S/c1-7-4-5-9(18-7)8(2)14-19(16,17)11-10(12)15(3)6-13-11/h4-6,8,14H,1-3H3/t8-/m0/s1. The molecule has 0 fully saturated rings. The Kier molecular flexibility index (Phi) is 3.71. The van der Waals surface area contributed by atoms with Gasteiger partial charge in [-0.15, -0.1) is 0 Å². The van der Waals surface area contributed by atoms with Crippen molar-refractivity contribution in [1.82, 2.24) is 14.3 Å². The zero-order chi connectivity index (χ0) is 14.2. The van der Waals surface area contributed by atoms with Gasteiger partial charge in [0.15, 0.2) is 0 Å². The molecule has 0 bridgehead atoms. The van der Waals surface area contributed by atoms with Gasteiger partial charge in [-0.3, -0.25) is 0 Å². The van der Waals surface area contributed by atoms with Crippen LogP contribution in [0.25, 0.3) is 0 Å². The van der Waals surface area contributed by atoms with Gasteiger partial charge in [-0.05, 0) is 26.0 Å². The Morgan fingerprint density at radius 1 is 1.47 bits per heavy atom. The number of furan rings is 1. The summed E-state index contributed by atoms with van der Waals surface area (Å²) in [4.78, 5) is 3.79. The molecule has 19 heavy (non-hydrogen) atoms. The molecule has 8 heteroatoms. The third kappa shape index (κ3) is 2.83. The summed E-state index contributed by atoms with van der Waals surface area (Å²) in [5.41, 5.74) is 0. The number of halogens is 1. The second-order valence-electron chi connectivity index (χ2n) is 4.24.